The lowest BCUT2D eigenvalue weighted by Crippen LogP contribution is -2.39. The molecule has 0 radical (unpaired) electrons. The molecule has 0 spiro atoms. The Bertz CT molecular complexity index is 201. The topological polar surface area (TPSA) is 70.2 Å². The molecule has 0 saturated heterocycles. The molecule has 0 aromatic heterocycles. The minimum Gasteiger partial charge on any atom is -0.353 e. The van der Waals surface area contributed by atoms with Gasteiger partial charge in [0.2, 0.25) is 11.8 Å². The first-order valence-electron chi connectivity index (χ1n) is 5.44. The SMILES string of the molecule is CCCC(=O)NCC(=O)NCCNCC.Cl. The van der Waals surface area contributed by atoms with Crippen molar-refractivity contribution in [2.75, 3.05) is 26.2 Å². The summed E-state index contributed by atoms with van der Waals surface area (Å²) in [5, 5.41) is 8.34. The molecule has 0 aliphatic carbocycles. The Balaban J connectivity index is 0. The summed E-state index contributed by atoms with van der Waals surface area (Å²) in [5.74, 6) is -0.211. The van der Waals surface area contributed by atoms with E-state index in [9.17, 15) is 9.59 Å². The number of rotatable bonds is 8. The number of halogens is 1. The smallest absolute Gasteiger partial charge is 0.239 e. The highest BCUT2D eigenvalue weighted by atomic mass is 35.5. The van der Waals surface area contributed by atoms with Gasteiger partial charge >= 0.3 is 0 Å². The second-order valence-electron chi connectivity index (χ2n) is 3.23. The van der Waals surface area contributed by atoms with Gasteiger partial charge in [-0.05, 0) is 13.0 Å². The molecule has 0 rings (SSSR count). The van der Waals surface area contributed by atoms with E-state index in [-0.39, 0.29) is 30.8 Å². The molecule has 96 valence electrons. The van der Waals surface area contributed by atoms with Gasteiger partial charge in [0.05, 0.1) is 6.54 Å². The maximum absolute atomic E-state index is 11.2. The summed E-state index contributed by atoms with van der Waals surface area (Å²) in [6.07, 6.45) is 1.28. The van der Waals surface area contributed by atoms with Crippen molar-refractivity contribution in [1.29, 1.82) is 0 Å². The van der Waals surface area contributed by atoms with E-state index in [1.54, 1.807) is 0 Å². The van der Waals surface area contributed by atoms with Crippen molar-refractivity contribution in [3.63, 3.8) is 0 Å². The second kappa shape index (κ2) is 12.3. The molecule has 0 aromatic carbocycles. The van der Waals surface area contributed by atoms with E-state index in [0.29, 0.717) is 13.0 Å². The molecule has 0 aliphatic rings. The van der Waals surface area contributed by atoms with Crippen molar-refractivity contribution in [1.82, 2.24) is 16.0 Å². The van der Waals surface area contributed by atoms with E-state index in [1.807, 2.05) is 13.8 Å². The maximum Gasteiger partial charge on any atom is 0.239 e. The van der Waals surface area contributed by atoms with Crippen LogP contribution in [0, 0.1) is 0 Å². The summed E-state index contributed by atoms with van der Waals surface area (Å²) >= 11 is 0. The van der Waals surface area contributed by atoms with Gasteiger partial charge in [0, 0.05) is 19.5 Å². The average Bonchev–Trinajstić information content (AvgIpc) is 2.22. The van der Waals surface area contributed by atoms with E-state index in [0.717, 1.165) is 19.5 Å². The molecule has 0 unspecified atom stereocenters. The van der Waals surface area contributed by atoms with E-state index in [1.165, 1.54) is 0 Å². The number of amides is 2. The van der Waals surface area contributed by atoms with Crippen LogP contribution in [0.25, 0.3) is 0 Å². The fourth-order valence-corrected chi connectivity index (χ4v) is 1.02. The van der Waals surface area contributed by atoms with Crippen molar-refractivity contribution in [3.05, 3.63) is 0 Å². The molecule has 0 heterocycles. The zero-order chi connectivity index (χ0) is 11.5. The fraction of sp³-hybridized carbons (Fsp3) is 0.800. The van der Waals surface area contributed by atoms with Crippen LogP contribution < -0.4 is 16.0 Å². The molecule has 16 heavy (non-hydrogen) atoms. The number of nitrogens with one attached hydrogen (secondary N) is 3. The largest absolute Gasteiger partial charge is 0.353 e. The van der Waals surface area contributed by atoms with Crippen LogP contribution in [0.5, 0.6) is 0 Å². The summed E-state index contributed by atoms with van der Waals surface area (Å²) in [5.41, 5.74) is 0. The molecule has 3 N–H and O–H groups in total. The quantitative estimate of drug-likeness (QED) is 0.534. The van der Waals surface area contributed by atoms with Gasteiger partial charge in [-0.25, -0.2) is 0 Å². The normalized spacial score (nSPS) is 9.12. The van der Waals surface area contributed by atoms with E-state index >= 15 is 0 Å². The number of carbonyl (C=O) groups is 2. The van der Waals surface area contributed by atoms with Gasteiger partial charge in [0.1, 0.15) is 0 Å². The summed E-state index contributed by atoms with van der Waals surface area (Å²) in [6.45, 7) is 6.25. The lowest BCUT2D eigenvalue weighted by Gasteiger charge is -2.06. The summed E-state index contributed by atoms with van der Waals surface area (Å²) in [6, 6.07) is 0. The molecular weight excluding hydrogens is 230 g/mol. The Kier molecular flexibility index (Phi) is 13.5. The van der Waals surface area contributed by atoms with Crippen LogP contribution in [0.4, 0.5) is 0 Å². The molecule has 0 aromatic rings. The number of likely N-dealkylation sites (N-methyl/N-ethyl adjacent to an activating group) is 1. The third-order valence-corrected chi connectivity index (χ3v) is 1.80. The van der Waals surface area contributed by atoms with Crippen LogP contribution in [-0.4, -0.2) is 38.0 Å². The molecule has 5 nitrogen and oxygen atoms in total. The number of carbonyl (C=O) groups excluding carboxylic acids is 2. The van der Waals surface area contributed by atoms with Crippen molar-refractivity contribution in [2.24, 2.45) is 0 Å². The monoisotopic (exact) mass is 251 g/mol. The minimum atomic E-state index is -0.141. The van der Waals surface area contributed by atoms with Crippen molar-refractivity contribution in [2.45, 2.75) is 26.7 Å². The molecule has 2 amide bonds. The minimum absolute atomic E-state index is 0. The number of hydrogen-bond acceptors (Lipinski definition) is 3. The lowest BCUT2D eigenvalue weighted by molar-refractivity contribution is -0.126. The summed E-state index contributed by atoms with van der Waals surface area (Å²) < 4.78 is 0. The summed E-state index contributed by atoms with van der Waals surface area (Å²) in [7, 11) is 0. The average molecular weight is 252 g/mol. The third-order valence-electron chi connectivity index (χ3n) is 1.80. The molecular formula is C10H22ClN3O2. The number of hydrogen-bond donors (Lipinski definition) is 3. The van der Waals surface area contributed by atoms with Crippen LogP contribution >= 0.6 is 12.4 Å². The van der Waals surface area contributed by atoms with Gasteiger partial charge in [0.15, 0.2) is 0 Å². The van der Waals surface area contributed by atoms with Gasteiger partial charge in [-0.2, -0.15) is 0 Å². The highest BCUT2D eigenvalue weighted by Gasteiger charge is 2.03. The molecule has 0 atom stereocenters. The summed E-state index contributed by atoms with van der Waals surface area (Å²) in [4.78, 5) is 22.2. The van der Waals surface area contributed by atoms with E-state index < -0.39 is 0 Å². The standard InChI is InChI=1S/C10H21N3O2.ClH/c1-3-5-9(14)13-8-10(15)12-7-6-11-4-2;/h11H,3-8H2,1-2H3,(H,12,15)(H,13,14);1H. The Hall–Kier alpha value is -0.810. The molecule has 0 bridgehead atoms. The first-order valence-corrected chi connectivity index (χ1v) is 5.44. The Morgan fingerprint density at radius 3 is 2.25 bits per heavy atom. The van der Waals surface area contributed by atoms with Gasteiger partial charge in [-0.15, -0.1) is 12.4 Å². The predicted molar refractivity (Wildman–Crippen MR) is 66.7 cm³/mol. The predicted octanol–water partition coefficient (Wildman–Crippen LogP) is 0.0502. The molecule has 6 heteroatoms. The Labute approximate surface area is 103 Å². The van der Waals surface area contributed by atoms with E-state index in [4.69, 9.17) is 0 Å². The first kappa shape index (κ1) is 17.6. The highest BCUT2D eigenvalue weighted by molar-refractivity contribution is 5.85. The van der Waals surface area contributed by atoms with Crippen LogP contribution in [0.2, 0.25) is 0 Å². The zero-order valence-corrected chi connectivity index (χ0v) is 10.8. The third kappa shape index (κ3) is 11.3. The van der Waals surface area contributed by atoms with Crippen LogP contribution in [-0.2, 0) is 9.59 Å². The first-order chi connectivity index (χ1) is 7.20. The van der Waals surface area contributed by atoms with E-state index in [2.05, 4.69) is 16.0 Å². The Morgan fingerprint density at radius 1 is 1.00 bits per heavy atom. The van der Waals surface area contributed by atoms with Crippen LogP contribution in [0.3, 0.4) is 0 Å². The van der Waals surface area contributed by atoms with Gasteiger partial charge < -0.3 is 16.0 Å². The van der Waals surface area contributed by atoms with Gasteiger partial charge in [-0.3, -0.25) is 9.59 Å². The maximum atomic E-state index is 11.2. The van der Waals surface area contributed by atoms with Crippen LogP contribution in [0.15, 0.2) is 0 Å². The fourth-order valence-electron chi connectivity index (χ4n) is 1.02. The Morgan fingerprint density at radius 2 is 1.69 bits per heavy atom. The molecule has 0 saturated carbocycles. The second-order valence-corrected chi connectivity index (χ2v) is 3.23. The molecule has 0 aliphatic heterocycles. The lowest BCUT2D eigenvalue weighted by atomic mass is 10.3. The zero-order valence-electron chi connectivity index (χ0n) is 9.97. The van der Waals surface area contributed by atoms with Crippen molar-refractivity contribution in [3.8, 4) is 0 Å². The van der Waals surface area contributed by atoms with Gasteiger partial charge in [-0.1, -0.05) is 13.8 Å². The van der Waals surface area contributed by atoms with Crippen molar-refractivity contribution >= 4 is 24.2 Å². The molecule has 0 fully saturated rings. The van der Waals surface area contributed by atoms with Crippen LogP contribution in [0.1, 0.15) is 26.7 Å². The highest BCUT2D eigenvalue weighted by Crippen LogP contribution is 1.84. The van der Waals surface area contributed by atoms with Gasteiger partial charge in [0.25, 0.3) is 0 Å². The van der Waals surface area contributed by atoms with Crippen molar-refractivity contribution < 1.29 is 9.59 Å².